The molecule has 2 aromatic rings. The molecule has 4 nitrogen and oxygen atoms in total. The van der Waals surface area contributed by atoms with E-state index in [-0.39, 0.29) is 20.1 Å². The first-order valence-corrected chi connectivity index (χ1v) is 5.74. The second kappa shape index (κ2) is 6.00. The zero-order valence-electron chi connectivity index (χ0n) is 10.4. The summed E-state index contributed by atoms with van der Waals surface area (Å²) in [6.07, 6.45) is 7.59. The Balaban J connectivity index is 0.00000133. The van der Waals surface area contributed by atoms with Crippen molar-refractivity contribution in [2.75, 3.05) is 11.9 Å². The van der Waals surface area contributed by atoms with Gasteiger partial charge in [0, 0.05) is 50.5 Å². The van der Waals surface area contributed by atoms with Crippen molar-refractivity contribution < 1.29 is 20.1 Å². The normalized spacial score (nSPS) is 13.1. The molecule has 2 aromatic heterocycles. The summed E-state index contributed by atoms with van der Waals surface area (Å²) in [5, 5.41) is 0. The fraction of sp³-hybridized carbons (Fsp3) is 0.0769. The van der Waals surface area contributed by atoms with Crippen LogP contribution in [0.2, 0.25) is 0 Å². The van der Waals surface area contributed by atoms with Crippen molar-refractivity contribution in [3.05, 3.63) is 55.1 Å². The maximum atomic E-state index is 4.45. The Morgan fingerprint density at radius 1 is 1.05 bits per heavy atom. The minimum absolute atomic E-state index is 0. The van der Waals surface area contributed by atoms with Gasteiger partial charge in [-0.3, -0.25) is 4.98 Å². The molecule has 19 heavy (non-hydrogen) atoms. The van der Waals surface area contributed by atoms with Gasteiger partial charge in [-0.05, 0) is 31.3 Å². The van der Waals surface area contributed by atoms with E-state index in [1.54, 1.807) is 6.20 Å². The monoisotopic (exact) mass is 428 g/mol. The van der Waals surface area contributed by atoms with Gasteiger partial charge in [-0.2, -0.15) is 0 Å². The quantitative estimate of drug-likeness (QED) is 0.686. The molecule has 6 heteroatoms. The Hall–Kier alpha value is -1.65. The molecule has 0 fully saturated rings. The second-order valence-electron chi connectivity index (χ2n) is 4.11. The summed E-state index contributed by atoms with van der Waals surface area (Å²) in [6, 6.07) is 9.88. The van der Waals surface area contributed by atoms with Crippen LogP contribution in [0.4, 0.5) is 5.82 Å². The van der Waals surface area contributed by atoms with Crippen LogP contribution in [0, 0.1) is 0 Å². The summed E-state index contributed by atoms with van der Waals surface area (Å²) in [4.78, 5) is 12.7. The van der Waals surface area contributed by atoms with Crippen molar-refractivity contribution in [1.82, 2.24) is 14.8 Å². The van der Waals surface area contributed by atoms with Crippen LogP contribution < -0.4 is 4.81 Å². The molecule has 0 spiro atoms. The van der Waals surface area contributed by atoms with Gasteiger partial charge in [0.1, 0.15) is 5.82 Å². The van der Waals surface area contributed by atoms with Crippen LogP contribution in [-0.2, 0) is 20.1 Å². The third-order valence-electron chi connectivity index (χ3n) is 2.74. The number of rotatable bonds is 2. The van der Waals surface area contributed by atoms with Crippen LogP contribution in [0.5, 0.6) is 0 Å². The third kappa shape index (κ3) is 3.03. The molecule has 0 amide bonds. The molecular formula is C13H12BIrN4. The van der Waals surface area contributed by atoms with Crippen molar-refractivity contribution in [3.8, 4) is 11.3 Å². The van der Waals surface area contributed by atoms with E-state index in [0.29, 0.717) is 0 Å². The van der Waals surface area contributed by atoms with Gasteiger partial charge in [0.2, 0.25) is 0 Å². The maximum Gasteiger partial charge on any atom is 0.396 e. The summed E-state index contributed by atoms with van der Waals surface area (Å²) in [5.74, 6) is 0.898. The second-order valence-corrected chi connectivity index (χ2v) is 4.11. The largest absolute Gasteiger partial charge is 0.406 e. The molecule has 0 N–H and O–H groups in total. The molecule has 0 atom stereocenters. The van der Waals surface area contributed by atoms with Gasteiger partial charge in [0.25, 0.3) is 0 Å². The van der Waals surface area contributed by atoms with Gasteiger partial charge >= 0.3 is 7.55 Å². The zero-order valence-corrected chi connectivity index (χ0v) is 12.8. The summed E-state index contributed by atoms with van der Waals surface area (Å²) in [5.41, 5.74) is 1.96. The average Bonchev–Trinajstić information content (AvgIpc) is 2.87. The molecular weight excluding hydrogens is 415 g/mol. The van der Waals surface area contributed by atoms with Crippen molar-refractivity contribution >= 4 is 13.4 Å². The molecule has 0 saturated carbocycles. The first kappa shape index (κ1) is 13.8. The van der Waals surface area contributed by atoms with E-state index in [2.05, 4.69) is 9.97 Å². The predicted octanol–water partition coefficient (Wildman–Crippen LogP) is 1.90. The van der Waals surface area contributed by atoms with Crippen LogP contribution in [0.1, 0.15) is 0 Å². The van der Waals surface area contributed by atoms with Crippen LogP contribution in [0.15, 0.2) is 55.1 Å². The van der Waals surface area contributed by atoms with Gasteiger partial charge < -0.3 is 9.62 Å². The number of hydrogen-bond donors (Lipinski definition) is 0. The smallest absolute Gasteiger partial charge is 0.396 e. The van der Waals surface area contributed by atoms with E-state index in [0.717, 1.165) is 17.1 Å². The number of nitrogens with zero attached hydrogens (tertiary/aromatic N) is 4. The predicted molar refractivity (Wildman–Crippen MR) is 72.6 cm³/mol. The molecule has 0 aromatic carbocycles. The molecule has 96 valence electrons. The molecule has 1 aliphatic rings. The molecule has 3 heterocycles. The minimum atomic E-state index is 0. The van der Waals surface area contributed by atoms with E-state index in [9.17, 15) is 0 Å². The average molecular weight is 427 g/mol. The van der Waals surface area contributed by atoms with E-state index < -0.39 is 0 Å². The Bertz CT molecular complexity index is 559. The molecule has 0 bridgehead atoms. The Morgan fingerprint density at radius 3 is 2.53 bits per heavy atom. The van der Waals surface area contributed by atoms with Gasteiger partial charge in [0.05, 0.1) is 5.69 Å². The Labute approximate surface area is 126 Å². The fourth-order valence-electron chi connectivity index (χ4n) is 1.81. The van der Waals surface area contributed by atoms with E-state index >= 15 is 0 Å². The van der Waals surface area contributed by atoms with Crippen molar-refractivity contribution in [3.63, 3.8) is 0 Å². The summed E-state index contributed by atoms with van der Waals surface area (Å²) in [7, 11) is 3.96. The summed E-state index contributed by atoms with van der Waals surface area (Å²) in [6.45, 7) is 0. The fourth-order valence-corrected chi connectivity index (χ4v) is 1.81. The van der Waals surface area contributed by atoms with Gasteiger partial charge in [0.15, 0.2) is 0 Å². The minimum Gasteiger partial charge on any atom is -0.406 e. The standard InChI is InChI=1S/C13H12BN4.Ir/c1-17-8-9-18(14-17)13-6-5-11(10-16-13)12-4-2-3-7-15-12;/h2-10H,1H3;. The number of anilines is 1. The molecule has 3 rings (SSSR count). The topological polar surface area (TPSA) is 32.3 Å². The van der Waals surface area contributed by atoms with E-state index in [1.165, 1.54) is 0 Å². The van der Waals surface area contributed by atoms with E-state index in [1.807, 2.05) is 73.1 Å². The first-order valence-electron chi connectivity index (χ1n) is 5.74. The summed E-state index contributed by atoms with van der Waals surface area (Å²) < 4.78 is 0. The Kier molecular flexibility index (Phi) is 4.35. The number of pyridine rings is 2. The first-order chi connectivity index (χ1) is 8.83. The molecule has 2 radical (unpaired) electrons. The zero-order chi connectivity index (χ0) is 12.4. The summed E-state index contributed by atoms with van der Waals surface area (Å²) >= 11 is 0. The number of aromatic nitrogens is 2. The van der Waals surface area contributed by atoms with Gasteiger partial charge in [-0.25, -0.2) is 4.98 Å². The van der Waals surface area contributed by atoms with Crippen LogP contribution >= 0.6 is 0 Å². The van der Waals surface area contributed by atoms with Crippen LogP contribution in [0.25, 0.3) is 11.3 Å². The van der Waals surface area contributed by atoms with Crippen LogP contribution in [0.3, 0.4) is 0 Å². The van der Waals surface area contributed by atoms with Crippen molar-refractivity contribution in [2.24, 2.45) is 0 Å². The van der Waals surface area contributed by atoms with Crippen molar-refractivity contribution in [1.29, 1.82) is 0 Å². The molecule has 1 aliphatic heterocycles. The molecule has 0 unspecified atom stereocenters. The molecule has 0 aliphatic carbocycles. The molecule has 0 saturated heterocycles. The Morgan fingerprint density at radius 2 is 1.95 bits per heavy atom. The van der Waals surface area contributed by atoms with Crippen LogP contribution in [-0.4, -0.2) is 29.4 Å². The van der Waals surface area contributed by atoms with Gasteiger partial charge in [-0.15, -0.1) is 0 Å². The third-order valence-corrected chi connectivity index (χ3v) is 2.74. The van der Waals surface area contributed by atoms with Crippen molar-refractivity contribution in [2.45, 2.75) is 0 Å². The maximum absolute atomic E-state index is 4.45. The van der Waals surface area contributed by atoms with E-state index in [4.69, 9.17) is 0 Å². The van der Waals surface area contributed by atoms with Gasteiger partial charge in [-0.1, -0.05) is 6.07 Å². The SMILES string of the molecule is CN1[B]N(c2ccc(-c3ccccn3)cn2)C=C1.[Ir]. The number of hydrogen-bond acceptors (Lipinski definition) is 4.